The maximum absolute atomic E-state index is 13.4. The average molecular weight is 446 g/mol. The maximum Gasteiger partial charge on any atom is 0.410 e. The monoisotopic (exact) mass is 446 g/mol. The zero-order valence-electron chi connectivity index (χ0n) is 16.9. The van der Waals surface area contributed by atoms with E-state index in [0.29, 0.717) is 33.3 Å². The minimum absolute atomic E-state index is 0.192. The molecule has 0 fully saturated rings. The number of aryl methyl sites for hydroxylation is 1. The molecule has 0 radical (unpaired) electrons. The molecule has 0 unspecified atom stereocenters. The van der Waals surface area contributed by atoms with Crippen LogP contribution in [-0.2, 0) is 10.0 Å². The number of carbonyl (C=O) groups is 1. The number of ether oxygens (including phenoxy) is 1. The Morgan fingerprint density at radius 3 is 2.53 bits per heavy atom. The van der Waals surface area contributed by atoms with Gasteiger partial charge in [0, 0.05) is 17.1 Å². The maximum atomic E-state index is 13.4. The summed E-state index contributed by atoms with van der Waals surface area (Å²) < 4.78 is 33.1. The number of aromatic nitrogens is 3. The molecule has 0 aliphatic rings. The smallest absolute Gasteiger partial charge is 0.408 e. The van der Waals surface area contributed by atoms with Gasteiger partial charge in [0.2, 0.25) is 0 Å². The largest absolute Gasteiger partial charge is 0.410 e. The first-order valence-corrected chi connectivity index (χ1v) is 11.2. The lowest BCUT2D eigenvalue weighted by Gasteiger charge is -2.07. The molecule has 5 rings (SSSR count). The Morgan fingerprint density at radius 1 is 1.03 bits per heavy atom. The average Bonchev–Trinajstić information content (AvgIpc) is 3.36. The minimum atomic E-state index is -3.83. The second-order valence-corrected chi connectivity index (χ2v) is 9.15. The van der Waals surface area contributed by atoms with Crippen molar-refractivity contribution < 1.29 is 17.9 Å². The Hall–Kier alpha value is -4.11. The normalized spacial score (nSPS) is 11.8. The van der Waals surface area contributed by atoms with E-state index in [0.717, 1.165) is 5.56 Å². The number of primary amides is 1. The molecule has 32 heavy (non-hydrogen) atoms. The van der Waals surface area contributed by atoms with Gasteiger partial charge in [-0.15, -0.1) is 0 Å². The molecule has 0 aliphatic heterocycles. The number of amides is 1. The number of nitrogens with one attached hydrogen (secondary N) is 1. The Bertz CT molecular complexity index is 1600. The van der Waals surface area contributed by atoms with Gasteiger partial charge in [-0.3, -0.25) is 0 Å². The van der Waals surface area contributed by atoms with Gasteiger partial charge in [0.1, 0.15) is 11.3 Å². The summed E-state index contributed by atoms with van der Waals surface area (Å²) in [5.74, 6) is 0.656. The highest BCUT2D eigenvalue weighted by molar-refractivity contribution is 7.90. The standard InChI is InChI=1S/C23H18N4O4S/c1-14-9-11-15(12-10-14)32(29,30)27-13-17(16-5-2-3-7-19(16)27)22-25-18-6-4-8-20(21(18)26-22)31-23(24)28/h2-13H,1H3,(H2,24,28)(H,25,26). The van der Waals surface area contributed by atoms with E-state index >= 15 is 0 Å². The van der Waals surface area contributed by atoms with Crippen LogP contribution in [0.25, 0.3) is 33.3 Å². The van der Waals surface area contributed by atoms with Crippen LogP contribution in [-0.4, -0.2) is 28.5 Å². The van der Waals surface area contributed by atoms with Gasteiger partial charge in [-0.25, -0.2) is 22.2 Å². The van der Waals surface area contributed by atoms with Gasteiger partial charge in [-0.1, -0.05) is 42.0 Å². The van der Waals surface area contributed by atoms with Gasteiger partial charge in [0.25, 0.3) is 10.0 Å². The molecule has 0 atom stereocenters. The van der Waals surface area contributed by atoms with Crippen LogP contribution in [0.3, 0.4) is 0 Å². The van der Waals surface area contributed by atoms with E-state index in [9.17, 15) is 13.2 Å². The zero-order valence-corrected chi connectivity index (χ0v) is 17.8. The summed E-state index contributed by atoms with van der Waals surface area (Å²) >= 11 is 0. The summed E-state index contributed by atoms with van der Waals surface area (Å²) in [6.07, 6.45) is 0.606. The topological polar surface area (TPSA) is 120 Å². The van der Waals surface area contributed by atoms with Crippen LogP contribution in [0.5, 0.6) is 5.75 Å². The van der Waals surface area contributed by atoms with Gasteiger partial charge in [-0.05, 0) is 37.3 Å². The molecule has 2 aromatic heterocycles. The summed E-state index contributed by atoms with van der Waals surface area (Å²) in [4.78, 5) is 19.2. The summed E-state index contributed by atoms with van der Waals surface area (Å²) in [6, 6.07) is 19.0. The van der Waals surface area contributed by atoms with Crippen molar-refractivity contribution in [2.75, 3.05) is 0 Å². The second kappa shape index (κ2) is 7.24. The van der Waals surface area contributed by atoms with E-state index in [2.05, 4.69) is 9.97 Å². The molecular formula is C23H18N4O4S. The van der Waals surface area contributed by atoms with Crippen molar-refractivity contribution in [3.63, 3.8) is 0 Å². The van der Waals surface area contributed by atoms with Crippen molar-refractivity contribution in [1.29, 1.82) is 0 Å². The van der Waals surface area contributed by atoms with E-state index in [1.807, 2.05) is 19.1 Å². The number of imidazole rings is 1. The molecule has 9 heteroatoms. The van der Waals surface area contributed by atoms with Gasteiger partial charge in [0.05, 0.1) is 15.9 Å². The lowest BCUT2D eigenvalue weighted by Crippen LogP contribution is -2.16. The fourth-order valence-corrected chi connectivity index (χ4v) is 5.05. The predicted octanol–water partition coefficient (Wildman–Crippen LogP) is 4.19. The lowest BCUT2D eigenvalue weighted by atomic mass is 10.2. The minimum Gasteiger partial charge on any atom is -0.408 e. The molecule has 160 valence electrons. The summed E-state index contributed by atoms with van der Waals surface area (Å²) in [7, 11) is -3.83. The van der Waals surface area contributed by atoms with Crippen LogP contribution < -0.4 is 10.5 Å². The van der Waals surface area contributed by atoms with E-state index in [1.165, 1.54) is 3.97 Å². The highest BCUT2D eigenvalue weighted by Crippen LogP contribution is 2.34. The number of carbonyl (C=O) groups excluding carboxylic acids is 1. The SMILES string of the molecule is Cc1ccc(S(=O)(=O)n2cc(-c3nc4c(OC(N)=O)cccc4[nH]3)c3ccccc32)cc1. The van der Waals surface area contributed by atoms with E-state index in [-0.39, 0.29) is 10.6 Å². The third-order valence-electron chi connectivity index (χ3n) is 5.20. The number of nitrogens with two attached hydrogens (primary N) is 1. The highest BCUT2D eigenvalue weighted by atomic mass is 32.2. The number of H-pyrrole nitrogens is 1. The Balaban J connectivity index is 1.72. The first-order valence-electron chi connectivity index (χ1n) is 9.73. The number of fused-ring (bicyclic) bond motifs is 2. The molecule has 5 aromatic rings. The fourth-order valence-electron chi connectivity index (χ4n) is 3.69. The highest BCUT2D eigenvalue weighted by Gasteiger charge is 2.23. The Labute approximate surface area is 183 Å². The van der Waals surface area contributed by atoms with Gasteiger partial charge >= 0.3 is 6.09 Å². The van der Waals surface area contributed by atoms with E-state index in [4.69, 9.17) is 10.5 Å². The molecule has 1 amide bonds. The van der Waals surface area contributed by atoms with E-state index in [1.54, 1.807) is 60.8 Å². The molecule has 0 aliphatic carbocycles. The number of aromatic amines is 1. The molecule has 2 heterocycles. The number of rotatable bonds is 4. The number of hydrogen-bond donors (Lipinski definition) is 2. The van der Waals surface area contributed by atoms with Crippen LogP contribution in [0.2, 0.25) is 0 Å². The Morgan fingerprint density at radius 2 is 1.78 bits per heavy atom. The van der Waals surface area contributed by atoms with Crippen LogP contribution in [0, 0.1) is 6.92 Å². The van der Waals surface area contributed by atoms with Gasteiger partial charge in [-0.2, -0.15) is 0 Å². The molecule has 0 bridgehead atoms. The Kier molecular flexibility index (Phi) is 4.49. The van der Waals surface area contributed by atoms with Crippen LogP contribution >= 0.6 is 0 Å². The molecule has 3 aromatic carbocycles. The summed E-state index contributed by atoms with van der Waals surface area (Å²) in [5, 5.41) is 0.708. The van der Waals surface area contributed by atoms with Gasteiger partial charge < -0.3 is 15.5 Å². The molecule has 0 spiro atoms. The van der Waals surface area contributed by atoms with Crippen LogP contribution in [0.15, 0.2) is 77.8 Å². The predicted molar refractivity (Wildman–Crippen MR) is 121 cm³/mol. The molecule has 8 nitrogen and oxygen atoms in total. The lowest BCUT2D eigenvalue weighted by molar-refractivity contribution is 0.211. The number of para-hydroxylation sites is 2. The van der Waals surface area contributed by atoms with Crippen LogP contribution in [0.4, 0.5) is 4.79 Å². The third kappa shape index (κ3) is 3.19. The van der Waals surface area contributed by atoms with Crippen molar-refractivity contribution in [3.05, 3.63) is 78.5 Å². The van der Waals surface area contributed by atoms with Crippen molar-refractivity contribution in [1.82, 2.24) is 13.9 Å². The first kappa shape index (κ1) is 19.8. The molecular weight excluding hydrogens is 428 g/mol. The zero-order chi connectivity index (χ0) is 22.5. The summed E-state index contributed by atoms with van der Waals surface area (Å²) in [6.45, 7) is 1.90. The van der Waals surface area contributed by atoms with E-state index < -0.39 is 16.1 Å². The van der Waals surface area contributed by atoms with Crippen LogP contribution in [0.1, 0.15) is 5.56 Å². The van der Waals surface area contributed by atoms with Gasteiger partial charge in [0.15, 0.2) is 5.75 Å². The molecule has 3 N–H and O–H groups in total. The molecule has 0 saturated carbocycles. The second-order valence-electron chi connectivity index (χ2n) is 7.33. The first-order chi connectivity index (χ1) is 15.3. The van der Waals surface area contributed by atoms with Crippen molar-refractivity contribution in [2.45, 2.75) is 11.8 Å². The fraction of sp³-hybridized carbons (Fsp3) is 0.0435. The van der Waals surface area contributed by atoms with Crippen molar-refractivity contribution >= 4 is 38.1 Å². The van der Waals surface area contributed by atoms with Crippen molar-refractivity contribution in [3.8, 4) is 17.1 Å². The molecule has 0 saturated heterocycles. The summed E-state index contributed by atoms with van der Waals surface area (Å²) in [5.41, 5.74) is 8.28. The number of benzene rings is 3. The number of hydrogen-bond acceptors (Lipinski definition) is 5. The number of nitrogens with zero attached hydrogens (tertiary/aromatic N) is 2. The van der Waals surface area contributed by atoms with Crippen molar-refractivity contribution in [2.24, 2.45) is 5.73 Å². The third-order valence-corrected chi connectivity index (χ3v) is 6.89. The quantitative estimate of drug-likeness (QED) is 0.429.